The van der Waals surface area contributed by atoms with Crippen molar-refractivity contribution in [3.63, 3.8) is 0 Å². The number of ketones is 1. The van der Waals surface area contributed by atoms with Crippen LogP contribution in [0.2, 0.25) is 0 Å². The molecule has 1 aromatic carbocycles. The van der Waals surface area contributed by atoms with Crippen LogP contribution in [0.3, 0.4) is 0 Å². The average molecular weight is 226 g/mol. The lowest BCUT2D eigenvalue weighted by molar-refractivity contribution is -0.116. The van der Waals surface area contributed by atoms with E-state index in [9.17, 15) is 18.7 Å². The molecule has 0 spiro atoms. The van der Waals surface area contributed by atoms with Gasteiger partial charge in [0.1, 0.15) is 17.4 Å². The molecule has 2 rings (SSSR count). The summed E-state index contributed by atoms with van der Waals surface area (Å²) >= 11 is 0. The second-order valence-corrected chi connectivity index (χ2v) is 3.43. The van der Waals surface area contributed by atoms with E-state index in [-0.39, 0.29) is 16.9 Å². The summed E-state index contributed by atoms with van der Waals surface area (Å²) in [7, 11) is 0. The van der Waals surface area contributed by atoms with Crippen LogP contribution in [0.15, 0.2) is 17.7 Å². The van der Waals surface area contributed by atoms with Gasteiger partial charge >= 0.3 is 0 Å². The summed E-state index contributed by atoms with van der Waals surface area (Å²) in [4.78, 5) is 11.1. The molecule has 3 nitrogen and oxygen atoms in total. The number of hydrogen-bond donors (Lipinski definition) is 1. The lowest BCUT2D eigenvalue weighted by Gasteiger charge is -2.22. The molecule has 5 heteroatoms. The second-order valence-electron chi connectivity index (χ2n) is 3.43. The van der Waals surface area contributed by atoms with Gasteiger partial charge in [0.25, 0.3) is 0 Å². The molecule has 0 fully saturated rings. The van der Waals surface area contributed by atoms with E-state index in [1.807, 2.05) is 0 Å². The van der Waals surface area contributed by atoms with Crippen LogP contribution in [0.25, 0.3) is 6.08 Å². The van der Waals surface area contributed by atoms with Crippen molar-refractivity contribution in [1.82, 2.24) is 0 Å². The first kappa shape index (κ1) is 10.8. The van der Waals surface area contributed by atoms with E-state index in [1.54, 1.807) is 0 Å². The number of hydrogen-bond acceptors (Lipinski definition) is 3. The molecule has 1 aliphatic heterocycles. The summed E-state index contributed by atoms with van der Waals surface area (Å²) in [5.74, 6) is -2.18. The van der Waals surface area contributed by atoms with E-state index >= 15 is 0 Å². The normalized spacial score (nSPS) is 18.5. The molecule has 0 radical (unpaired) electrons. The molecular weight excluding hydrogens is 218 g/mol. The number of fused-ring (bicyclic) bond motifs is 1. The van der Waals surface area contributed by atoms with Crippen LogP contribution in [-0.4, -0.2) is 17.2 Å². The Hall–Kier alpha value is -1.75. The number of aliphatic hydroxyl groups is 1. The summed E-state index contributed by atoms with van der Waals surface area (Å²) in [5, 5.41) is 9.41. The Kier molecular flexibility index (Phi) is 2.47. The summed E-state index contributed by atoms with van der Waals surface area (Å²) in [5.41, 5.74) is -0.0880. The van der Waals surface area contributed by atoms with Gasteiger partial charge in [0.05, 0.1) is 11.1 Å². The van der Waals surface area contributed by atoms with Gasteiger partial charge < -0.3 is 9.84 Å². The monoisotopic (exact) mass is 226 g/mol. The summed E-state index contributed by atoms with van der Waals surface area (Å²) < 4.78 is 31.0. The summed E-state index contributed by atoms with van der Waals surface area (Å²) in [6, 6.07) is 1.64. The summed E-state index contributed by atoms with van der Waals surface area (Å²) in [6.07, 6.45) is -0.313. The van der Waals surface area contributed by atoms with Gasteiger partial charge in [-0.25, -0.2) is 8.78 Å². The van der Waals surface area contributed by atoms with E-state index in [0.717, 1.165) is 6.07 Å². The number of rotatable bonds is 1. The van der Waals surface area contributed by atoms with Crippen LogP contribution in [0.4, 0.5) is 8.78 Å². The van der Waals surface area contributed by atoms with Gasteiger partial charge in [-0.15, -0.1) is 0 Å². The SMILES string of the molecule is CC(=O)C1=Cc2c(F)cc(F)cc2OC1O. The highest BCUT2D eigenvalue weighted by molar-refractivity contribution is 5.99. The molecule has 84 valence electrons. The number of halogens is 2. The van der Waals surface area contributed by atoms with Crippen LogP contribution in [0.1, 0.15) is 12.5 Å². The minimum absolute atomic E-state index is 0.0306. The number of aliphatic hydroxyl groups excluding tert-OH is 1. The fraction of sp³-hybridized carbons (Fsp3) is 0.182. The maximum atomic E-state index is 13.3. The lowest BCUT2D eigenvalue weighted by atomic mass is 10.0. The predicted molar refractivity (Wildman–Crippen MR) is 51.7 cm³/mol. The van der Waals surface area contributed by atoms with E-state index in [4.69, 9.17) is 4.74 Å². The quantitative estimate of drug-likeness (QED) is 0.791. The van der Waals surface area contributed by atoms with E-state index in [2.05, 4.69) is 0 Å². The van der Waals surface area contributed by atoms with Crippen LogP contribution in [-0.2, 0) is 4.79 Å². The smallest absolute Gasteiger partial charge is 0.227 e. The topological polar surface area (TPSA) is 46.5 Å². The minimum atomic E-state index is -1.48. The number of benzene rings is 1. The minimum Gasteiger partial charge on any atom is -0.460 e. The molecule has 0 aromatic heterocycles. The molecule has 1 aliphatic rings. The highest BCUT2D eigenvalue weighted by atomic mass is 19.1. The Morgan fingerprint density at radius 1 is 1.44 bits per heavy atom. The molecule has 1 N–H and O–H groups in total. The fourth-order valence-corrected chi connectivity index (χ4v) is 1.48. The molecule has 1 aromatic rings. The highest BCUT2D eigenvalue weighted by Gasteiger charge is 2.25. The standard InChI is InChI=1S/C11H8F2O3/c1-5(14)7-4-8-9(13)2-6(12)3-10(8)16-11(7)15/h2-4,11,15H,1H3. The zero-order chi connectivity index (χ0) is 11.9. The third-order valence-corrected chi connectivity index (χ3v) is 2.27. The molecule has 0 amide bonds. The number of ether oxygens (including phenoxy) is 1. The number of carbonyl (C=O) groups excluding carboxylic acids is 1. The van der Waals surface area contributed by atoms with Crippen LogP contribution in [0.5, 0.6) is 5.75 Å². The Morgan fingerprint density at radius 2 is 2.12 bits per heavy atom. The van der Waals surface area contributed by atoms with Crippen molar-refractivity contribution in [3.05, 3.63) is 34.9 Å². The van der Waals surface area contributed by atoms with Crippen molar-refractivity contribution in [2.75, 3.05) is 0 Å². The molecule has 16 heavy (non-hydrogen) atoms. The van der Waals surface area contributed by atoms with Crippen molar-refractivity contribution in [2.45, 2.75) is 13.2 Å². The van der Waals surface area contributed by atoms with Gasteiger partial charge in [0.2, 0.25) is 6.29 Å². The Morgan fingerprint density at radius 3 is 2.75 bits per heavy atom. The second kappa shape index (κ2) is 3.68. The van der Waals surface area contributed by atoms with Crippen LogP contribution in [0, 0.1) is 11.6 Å². The van der Waals surface area contributed by atoms with Gasteiger partial charge in [0.15, 0.2) is 5.78 Å². The molecule has 1 unspecified atom stereocenters. The molecule has 0 saturated carbocycles. The molecule has 0 bridgehead atoms. The number of carbonyl (C=O) groups is 1. The highest BCUT2D eigenvalue weighted by Crippen LogP contribution is 2.32. The van der Waals surface area contributed by atoms with Gasteiger partial charge in [0, 0.05) is 12.1 Å². The van der Waals surface area contributed by atoms with Gasteiger partial charge in [-0.2, -0.15) is 0 Å². The van der Waals surface area contributed by atoms with Crippen molar-refractivity contribution in [1.29, 1.82) is 0 Å². The van der Waals surface area contributed by atoms with Crippen molar-refractivity contribution >= 4 is 11.9 Å². The first-order valence-corrected chi connectivity index (χ1v) is 4.55. The van der Waals surface area contributed by atoms with E-state index in [1.165, 1.54) is 13.0 Å². The van der Waals surface area contributed by atoms with Crippen molar-refractivity contribution in [2.24, 2.45) is 0 Å². The fourth-order valence-electron chi connectivity index (χ4n) is 1.48. The molecule has 0 saturated heterocycles. The van der Waals surface area contributed by atoms with Crippen LogP contribution >= 0.6 is 0 Å². The first-order chi connectivity index (χ1) is 7.49. The molecule has 0 aliphatic carbocycles. The summed E-state index contributed by atoms with van der Waals surface area (Å²) in [6.45, 7) is 1.23. The Balaban J connectivity index is 2.59. The molecular formula is C11H8F2O3. The van der Waals surface area contributed by atoms with Gasteiger partial charge in [-0.1, -0.05) is 0 Å². The average Bonchev–Trinajstić information content (AvgIpc) is 2.15. The first-order valence-electron chi connectivity index (χ1n) is 4.55. The zero-order valence-corrected chi connectivity index (χ0v) is 8.33. The lowest BCUT2D eigenvalue weighted by Crippen LogP contribution is -2.26. The van der Waals surface area contributed by atoms with Crippen molar-refractivity contribution < 1.29 is 23.4 Å². The number of Topliss-reactive ketones (excluding diaryl/α,β-unsaturated/α-hetero) is 1. The van der Waals surface area contributed by atoms with Crippen molar-refractivity contribution in [3.8, 4) is 5.75 Å². The maximum Gasteiger partial charge on any atom is 0.227 e. The van der Waals surface area contributed by atoms with Crippen LogP contribution < -0.4 is 4.74 Å². The maximum absolute atomic E-state index is 13.3. The Bertz CT molecular complexity index is 494. The predicted octanol–water partition coefficient (Wildman–Crippen LogP) is 1.65. The van der Waals surface area contributed by atoms with Gasteiger partial charge in [-0.05, 0) is 13.0 Å². The molecule has 1 heterocycles. The van der Waals surface area contributed by atoms with E-state index < -0.39 is 23.7 Å². The largest absolute Gasteiger partial charge is 0.460 e. The molecule has 1 atom stereocenters. The zero-order valence-electron chi connectivity index (χ0n) is 8.33. The Labute approximate surface area is 90.0 Å². The third-order valence-electron chi connectivity index (χ3n) is 2.27. The third kappa shape index (κ3) is 1.69. The van der Waals surface area contributed by atoms with Gasteiger partial charge in [-0.3, -0.25) is 4.79 Å². The van der Waals surface area contributed by atoms with E-state index in [0.29, 0.717) is 6.07 Å².